The number of nitrogens with zero attached hydrogens (tertiary/aromatic N) is 1. The minimum atomic E-state index is -1.13. The van der Waals surface area contributed by atoms with Crippen LogP contribution in [0.15, 0.2) is 53.5 Å². The maximum atomic E-state index is 11.4. The Labute approximate surface area is 113 Å². The van der Waals surface area contributed by atoms with E-state index in [1.165, 1.54) is 0 Å². The van der Waals surface area contributed by atoms with Gasteiger partial charge in [-0.15, -0.1) is 0 Å². The lowest BCUT2D eigenvalue weighted by molar-refractivity contribution is 0.0697. The number of rotatable bonds is 2. The number of hydrogen-bond donors (Lipinski definition) is 2. The van der Waals surface area contributed by atoms with Crippen LogP contribution in [0, 0.1) is 0 Å². The summed E-state index contributed by atoms with van der Waals surface area (Å²) in [7, 11) is 0. The van der Waals surface area contributed by atoms with E-state index in [1.807, 2.05) is 36.4 Å². The van der Waals surface area contributed by atoms with Gasteiger partial charge in [-0.3, -0.25) is 0 Å². The lowest BCUT2D eigenvalue weighted by Gasteiger charge is -2.08. The van der Waals surface area contributed by atoms with Crippen LogP contribution in [0.25, 0.3) is 22.0 Å². The molecule has 5 heteroatoms. The van der Waals surface area contributed by atoms with Gasteiger partial charge in [-0.1, -0.05) is 42.5 Å². The second-order valence-electron chi connectivity index (χ2n) is 4.31. The van der Waals surface area contributed by atoms with Crippen molar-refractivity contribution < 1.29 is 9.90 Å². The Morgan fingerprint density at radius 1 is 1.10 bits per heavy atom. The second-order valence-corrected chi connectivity index (χ2v) is 4.31. The number of carboxylic acid groups (broad SMARTS) is 1. The van der Waals surface area contributed by atoms with Gasteiger partial charge in [-0.2, -0.15) is 0 Å². The fraction of sp³-hybridized carbons (Fsp3) is 0. The number of nitrogens with one attached hydrogen (secondary N) is 1. The van der Waals surface area contributed by atoms with E-state index in [-0.39, 0.29) is 11.3 Å². The molecule has 2 aromatic carbocycles. The van der Waals surface area contributed by atoms with Crippen LogP contribution in [-0.2, 0) is 0 Å². The Hall–Kier alpha value is -2.95. The van der Waals surface area contributed by atoms with Crippen LogP contribution in [0.3, 0.4) is 0 Å². The molecule has 0 fully saturated rings. The standard InChI is InChI=1S/C15H10N2O3/c18-14(19)12-8-16-15(20)17-13(12)11-7-3-5-9-4-1-2-6-10(9)11/h1-8H,(H,18,19)(H,16,17,20). The largest absolute Gasteiger partial charge is 0.478 e. The highest BCUT2D eigenvalue weighted by molar-refractivity contribution is 6.02. The maximum absolute atomic E-state index is 11.4. The summed E-state index contributed by atoms with van der Waals surface area (Å²) in [5.74, 6) is -1.13. The molecule has 1 aromatic heterocycles. The number of aromatic carboxylic acids is 1. The molecule has 0 aliphatic rings. The molecule has 0 bridgehead atoms. The third-order valence-corrected chi connectivity index (χ3v) is 3.10. The molecule has 0 radical (unpaired) electrons. The zero-order chi connectivity index (χ0) is 14.1. The molecule has 0 amide bonds. The number of hydrogen-bond acceptors (Lipinski definition) is 3. The molecule has 98 valence electrons. The zero-order valence-corrected chi connectivity index (χ0v) is 10.3. The van der Waals surface area contributed by atoms with Crippen molar-refractivity contribution in [3.05, 3.63) is 64.7 Å². The summed E-state index contributed by atoms with van der Waals surface area (Å²) in [6.07, 6.45) is 1.08. The molecule has 0 saturated carbocycles. The molecule has 0 saturated heterocycles. The molecule has 1 heterocycles. The number of carboxylic acids is 1. The summed E-state index contributed by atoms with van der Waals surface area (Å²) >= 11 is 0. The Morgan fingerprint density at radius 3 is 2.65 bits per heavy atom. The van der Waals surface area contributed by atoms with Crippen molar-refractivity contribution in [2.45, 2.75) is 0 Å². The van der Waals surface area contributed by atoms with E-state index >= 15 is 0 Å². The molecule has 2 N–H and O–H groups in total. The minimum absolute atomic E-state index is 0.0269. The predicted octanol–water partition coefficient (Wildman–Crippen LogP) is 2.29. The van der Waals surface area contributed by atoms with E-state index < -0.39 is 11.7 Å². The van der Waals surface area contributed by atoms with Gasteiger partial charge in [0.15, 0.2) is 0 Å². The van der Waals surface area contributed by atoms with E-state index in [0.29, 0.717) is 5.56 Å². The summed E-state index contributed by atoms with van der Waals surface area (Å²) in [5, 5.41) is 11.1. The first-order valence-electron chi connectivity index (χ1n) is 5.97. The highest BCUT2D eigenvalue weighted by atomic mass is 16.4. The van der Waals surface area contributed by atoms with Crippen LogP contribution in [0.2, 0.25) is 0 Å². The van der Waals surface area contributed by atoms with E-state index in [1.54, 1.807) is 6.07 Å². The van der Waals surface area contributed by atoms with Gasteiger partial charge in [-0.05, 0) is 10.8 Å². The molecule has 20 heavy (non-hydrogen) atoms. The van der Waals surface area contributed by atoms with Gasteiger partial charge in [0.2, 0.25) is 0 Å². The highest BCUT2D eigenvalue weighted by Crippen LogP contribution is 2.28. The minimum Gasteiger partial charge on any atom is -0.478 e. The number of aromatic nitrogens is 2. The first-order valence-corrected chi connectivity index (χ1v) is 5.97. The molecule has 0 aliphatic heterocycles. The van der Waals surface area contributed by atoms with Crippen molar-refractivity contribution >= 4 is 16.7 Å². The van der Waals surface area contributed by atoms with Crippen molar-refractivity contribution in [1.82, 2.24) is 9.97 Å². The second kappa shape index (κ2) is 4.62. The van der Waals surface area contributed by atoms with Crippen molar-refractivity contribution in [2.24, 2.45) is 0 Å². The van der Waals surface area contributed by atoms with E-state index in [0.717, 1.165) is 17.0 Å². The van der Waals surface area contributed by atoms with Crippen LogP contribution < -0.4 is 5.69 Å². The van der Waals surface area contributed by atoms with Gasteiger partial charge < -0.3 is 10.1 Å². The first-order chi connectivity index (χ1) is 9.66. The van der Waals surface area contributed by atoms with Gasteiger partial charge in [-0.25, -0.2) is 14.6 Å². The summed E-state index contributed by atoms with van der Waals surface area (Å²) in [5.41, 5.74) is 0.341. The quantitative estimate of drug-likeness (QED) is 0.745. The first kappa shape index (κ1) is 12.1. The van der Waals surface area contributed by atoms with Crippen molar-refractivity contribution in [1.29, 1.82) is 0 Å². The van der Waals surface area contributed by atoms with Crippen molar-refractivity contribution in [3.8, 4) is 11.3 Å². The summed E-state index contributed by atoms with van der Waals surface area (Å²) < 4.78 is 0. The molecule has 0 unspecified atom stereocenters. The number of fused-ring (bicyclic) bond motifs is 1. The number of benzene rings is 2. The lowest BCUT2D eigenvalue weighted by atomic mass is 9.99. The topological polar surface area (TPSA) is 83.0 Å². The van der Waals surface area contributed by atoms with E-state index in [4.69, 9.17) is 0 Å². The van der Waals surface area contributed by atoms with E-state index in [2.05, 4.69) is 9.97 Å². The molecule has 0 atom stereocenters. The Kier molecular flexibility index (Phi) is 2.80. The average Bonchev–Trinajstić information content (AvgIpc) is 2.46. The summed E-state index contributed by atoms with van der Waals surface area (Å²) in [4.78, 5) is 28.7. The third kappa shape index (κ3) is 1.95. The Morgan fingerprint density at radius 2 is 1.85 bits per heavy atom. The molecular formula is C15H10N2O3. The fourth-order valence-electron chi connectivity index (χ4n) is 2.21. The molecular weight excluding hydrogens is 256 g/mol. The normalized spacial score (nSPS) is 10.6. The summed E-state index contributed by atoms with van der Waals surface area (Å²) in [6.45, 7) is 0. The van der Waals surface area contributed by atoms with Crippen molar-refractivity contribution in [3.63, 3.8) is 0 Å². The number of carbonyl (C=O) groups is 1. The van der Waals surface area contributed by atoms with Gasteiger partial charge in [0.05, 0.1) is 5.69 Å². The number of aromatic amines is 1. The van der Waals surface area contributed by atoms with Gasteiger partial charge in [0.1, 0.15) is 5.56 Å². The Bertz CT molecular complexity index is 863. The van der Waals surface area contributed by atoms with Crippen LogP contribution in [0.5, 0.6) is 0 Å². The van der Waals surface area contributed by atoms with Crippen LogP contribution in [0.4, 0.5) is 0 Å². The van der Waals surface area contributed by atoms with Crippen molar-refractivity contribution in [2.75, 3.05) is 0 Å². The monoisotopic (exact) mass is 266 g/mol. The third-order valence-electron chi connectivity index (χ3n) is 3.10. The molecule has 3 aromatic rings. The molecule has 0 spiro atoms. The van der Waals surface area contributed by atoms with Crippen LogP contribution >= 0.6 is 0 Å². The SMILES string of the molecule is O=C(O)c1cnc(=O)[nH]c1-c1cccc2ccccc12. The molecule has 5 nitrogen and oxygen atoms in total. The average molecular weight is 266 g/mol. The van der Waals surface area contributed by atoms with E-state index in [9.17, 15) is 14.7 Å². The smallest absolute Gasteiger partial charge is 0.345 e. The fourth-order valence-corrected chi connectivity index (χ4v) is 2.21. The van der Waals surface area contributed by atoms with Crippen LogP contribution in [-0.4, -0.2) is 21.0 Å². The molecule has 3 rings (SSSR count). The molecule has 0 aliphatic carbocycles. The summed E-state index contributed by atoms with van der Waals surface area (Å²) in [6, 6.07) is 13.1. The van der Waals surface area contributed by atoms with Crippen LogP contribution in [0.1, 0.15) is 10.4 Å². The highest BCUT2D eigenvalue weighted by Gasteiger charge is 2.15. The zero-order valence-electron chi connectivity index (χ0n) is 10.3. The van der Waals surface area contributed by atoms with Gasteiger partial charge >= 0.3 is 11.7 Å². The predicted molar refractivity (Wildman–Crippen MR) is 74.8 cm³/mol. The van der Waals surface area contributed by atoms with Gasteiger partial charge in [0.25, 0.3) is 0 Å². The number of H-pyrrole nitrogens is 1. The Balaban J connectivity index is 2.39. The lowest BCUT2D eigenvalue weighted by Crippen LogP contribution is -2.15. The van der Waals surface area contributed by atoms with Gasteiger partial charge in [0, 0.05) is 11.8 Å². The maximum Gasteiger partial charge on any atom is 0.345 e.